The van der Waals surface area contributed by atoms with Crippen LogP contribution in [0.1, 0.15) is 50.8 Å². The minimum absolute atomic E-state index is 0.111. The van der Waals surface area contributed by atoms with Gasteiger partial charge in [-0.3, -0.25) is 9.58 Å². The molecule has 1 aromatic heterocycles. The fraction of sp³-hybridized carbons (Fsp3) is 0.842. The van der Waals surface area contributed by atoms with E-state index in [-0.39, 0.29) is 17.7 Å². The second kappa shape index (κ2) is 8.19. The molecule has 1 spiro atoms. The number of ether oxygens (including phenoxy) is 1. The third-order valence-corrected chi connectivity index (χ3v) is 7.62. The Kier molecular flexibility index (Phi) is 6.30. The number of hydrogen-bond donors (Lipinski definition) is 1. The van der Waals surface area contributed by atoms with Crippen molar-refractivity contribution in [3.63, 3.8) is 0 Å². The van der Waals surface area contributed by atoms with E-state index in [1.807, 2.05) is 31.8 Å². The van der Waals surface area contributed by atoms with E-state index in [0.717, 1.165) is 45.3 Å². The summed E-state index contributed by atoms with van der Waals surface area (Å²) in [6.45, 7) is 9.05. The quantitative estimate of drug-likeness (QED) is 0.791. The van der Waals surface area contributed by atoms with Crippen molar-refractivity contribution in [1.82, 2.24) is 19.4 Å². The predicted molar refractivity (Wildman–Crippen MR) is 106 cm³/mol. The van der Waals surface area contributed by atoms with Crippen LogP contribution in [0.25, 0.3) is 0 Å². The summed E-state index contributed by atoms with van der Waals surface area (Å²) in [5, 5.41) is 4.34. The molecule has 1 saturated carbocycles. The van der Waals surface area contributed by atoms with Crippen molar-refractivity contribution < 1.29 is 13.2 Å². The molecule has 7 nitrogen and oxygen atoms in total. The van der Waals surface area contributed by atoms with Gasteiger partial charge in [-0.05, 0) is 25.7 Å². The van der Waals surface area contributed by atoms with Gasteiger partial charge in [0, 0.05) is 37.9 Å². The van der Waals surface area contributed by atoms with Gasteiger partial charge in [0.25, 0.3) is 0 Å². The molecule has 2 heterocycles. The molecule has 1 N–H and O–H groups in total. The van der Waals surface area contributed by atoms with Crippen LogP contribution in [0.3, 0.4) is 0 Å². The van der Waals surface area contributed by atoms with Crippen molar-refractivity contribution in [2.24, 2.45) is 13.0 Å². The van der Waals surface area contributed by atoms with E-state index in [1.165, 1.54) is 11.3 Å². The Morgan fingerprint density at radius 2 is 2.19 bits per heavy atom. The number of morpholine rings is 1. The summed E-state index contributed by atoms with van der Waals surface area (Å²) in [5.74, 6) is 0.275. The predicted octanol–water partition coefficient (Wildman–Crippen LogP) is 1.82. The molecule has 3 rings (SSSR count). The van der Waals surface area contributed by atoms with Gasteiger partial charge in [-0.2, -0.15) is 5.10 Å². The number of nitrogens with one attached hydrogen (secondary N) is 1. The van der Waals surface area contributed by atoms with E-state index in [4.69, 9.17) is 4.74 Å². The summed E-state index contributed by atoms with van der Waals surface area (Å²) >= 11 is 0. The lowest BCUT2D eigenvalue weighted by Crippen LogP contribution is -2.64. The monoisotopic (exact) mass is 398 g/mol. The van der Waals surface area contributed by atoms with Crippen molar-refractivity contribution in [3.8, 4) is 0 Å². The highest BCUT2D eigenvalue weighted by atomic mass is 32.2. The van der Waals surface area contributed by atoms with Gasteiger partial charge in [0.2, 0.25) is 10.0 Å². The van der Waals surface area contributed by atoms with Gasteiger partial charge in [-0.1, -0.05) is 26.7 Å². The highest BCUT2D eigenvalue weighted by Crippen LogP contribution is 2.36. The second-order valence-corrected chi connectivity index (χ2v) is 10.4. The average molecular weight is 399 g/mol. The minimum atomic E-state index is -3.30. The summed E-state index contributed by atoms with van der Waals surface area (Å²) in [6.07, 6.45) is 5.81. The maximum absolute atomic E-state index is 12.6. The fourth-order valence-electron chi connectivity index (χ4n) is 4.40. The molecule has 1 aromatic rings. The van der Waals surface area contributed by atoms with Gasteiger partial charge >= 0.3 is 0 Å². The summed E-state index contributed by atoms with van der Waals surface area (Å²) in [5.41, 5.74) is 1.98. The molecular formula is C19H34N4O3S. The van der Waals surface area contributed by atoms with E-state index in [0.29, 0.717) is 6.61 Å². The van der Waals surface area contributed by atoms with E-state index < -0.39 is 15.6 Å². The van der Waals surface area contributed by atoms with Crippen LogP contribution in [0.15, 0.2) is 6.20 Å². The molecule has 0 aromatic carbocycles. The molecule has 1 saturated heterocycles. The first-order valence-corrected chi connectivity index (χ1v) is 11.7. The Morgan fingerprint density at radius 3 is 2.85 bits per heavy atom. The number of rotatable bonds is 6. The normalized spacial score (nSPS) is 27.5. The second-order valence-electron chi connectivity index (χ2n) is 8.59. The lowest BCUT2D eigenvalue weighted by Gasteiger charge is -2.49. The lowest BCUT2D eigenvalue weighted by atomic mass is 9.79. The molecular weight excluding hydrogens is 364 g/mol. The van der Waals surface area contributed by atoms with Crippen LogP contribution in [0.2, 0.25) is 0 Å². The molecule has 2 aliphatic rings. The van der Waals surface area contributed by atoms with Crippen molar-refractivity contribution in [3.05, 3.63) is 17.5 Å². The molecule has 1 aliphatic heterocycles. The summed E-state index contributed by atoms with van der Waals surface area (Å²) in [7, 11) is -1.34. The van der Waals surface area contributed by atoms with Crippen LogP contribution < -0.4 is 4.72 Å². The Bertz CT molecular complexity index is 742. The molecule has 0 amide bonds. The third-order valence-electron chi connectivity index (χ3n) is 5.87. The smallest absolute Gasteiger partial charge is 0.212 e. The summed E-state index contributed by atoms with van der Waals surface area (Å²) in [6, 6.07) is -0.146. The zero-order chi connectivity index (χ0) is 19.7. The van der Waals surface area contributed by atoms with Crippen LogP contribution >= 0.6 is 0 Å². The third kappa shape index (κ3) is 4.91. The Balaban J connectivity index is 1.74. The number of sulfonamides is 1. The molecule has 8 heteroatoms. The van der Waals surface area contributed by atoms with Gasteiger partial charge in [-0.25, -0.2) is 13.1 Å². The topological polar surface area (TPSA) is 76.5 Å². The van der Waals surface area contributed by atoms with Gasteiger partial charge in [-0.15, -0.1) is 0 Å². The van der Waals surface area contributed by atoms with Crippen LogP contribution in [-0.2, 0) is 28.4 Å². The van der Waals surface area contributed by atoms with Gasteiger partial charge in [0.05, 0.1) is 30.2 Å². The van der Waals surface area contributed by atoms with Crippen molar-refractivity contribution in [2.75, 3.05) is 25.4 Å². The van der Waals surface area contributed by atoms with Crippen LogP contribution in [0.5, 0.6) is 0 Å². The zero-order valence-electron chi connectivity index (χ0n) is 17.1. The van der Waals surface area contributed by atoms with Crippen LogP contribution in [-0.4, -0.2) is 60.2 Å². The summed E-state index contributed by atoms with van der Waals surface area (Å²) in [4.78, 5) is 2.39. The number of aromatic nitrogens is 2. The van der Waals surface area contributed by atoms with Gasteiger partial charge in [0.1, 0.15) is 0 Å². The minimum Gasteiger partial charge on any atom is -0.371 e. The molecule has 27 heavy (non-hydrogen) atoms. The van der Waals surface area contributed by atoms with Crippen molar-refractivity contribution in [2.45, 2.75) is 64.6 Å². The van der Waals surface area contributed by atoms with Crippen LogP contribution in [0, 0.1) is 12.8 Å². The molecule has 2 fully saturated rings. The Labute approximate surface area is 163 Å². The van der Waals surface area contributed by atoms with Crippen molar-refractivity contribution >= 4 is 10.0 Å². The first kappa shape index (κ1) is 20.8. The first-order valence-electron chi connectivity index (χ1n) is 10.0. The zero-order valence-corrected chi connectivity index (χ0v) is 17.9. The molecule has 0 bridgehead atoms. The van der Waals surface area contributed by atoms with E-state index in [1.54, 1.807) is 0 Å². The maximum atomic E-state index is 12.6. The molecule has 2 atom stereocenters. The maximum Gasteiger partial charge on any atom is 0.212 e. The molecule has 0 radical (unpaired) electrons. The van der Waals surface area contributed by atoms with Gasteiger partial charge < -0.3 is 4.74 Å². The molecule has 1 aliphatic carbocycles. The molecule has 2 unspecified atom stereocenters. The SMILES string of the molecule is Cc1c(CN2CCOC3(CCCCC3NS(=O)(=O)CC(C)C)C2)cnn1C. The average Bonchev–Trinajstić information content (AvgIpc) is 2.88. The lowest BCUT2D eigenvalue weighted by molar-refractivity contribution is -0.141. The van der Waals surface area contributed by atoms with Gasteiger partial charge in [0.15, 0.2) is 0 Å². The molecule has 154 valence electrons. The van der Waals surface area contributed by atoms with E-state index >= 15 is 0 Å². The summed E-state index contributed by atoms with van der Waals surface area (Å²) < 4.78 is 36.3. The Morgan fingerprint density at radius 1 is 1.41 bits per heavy atom. The number of nitrogens with zero attached hydrogens (tertiary/aromatic N) is 3. The highest BCUT2D eigenvalue weighted by molar-refractivity contribution is 7.89. The fourth-order valence-corrected chi connectivity index (χ4v) is 6.14. The number of aryl methyl sites for hydroxylation is 1. The van der Waals surface area contributed by atoms with Crippen molar-refractivity contribution in [1.29, 1.82) is 0 Å². The van der Waals surface area contributed by atoms with E-state index in [2.05, 4.69) is 21.6 Å². The standard InChI is InChI=1S/C19H34N4O3S/c1-15(2)13-27(24,25)21-18-7-5-6-8-19(18)14-23(9-10-26-19)12-17-11-20-22(4)16(17)3/h11,15,18,21H,5-10,12-14H2,1-4H3. The first-order chi connectivity index (χ1) is 12.7. The Hall–Kier alpha value is -0.960. The largest absolute Gasteiger partial charge is 0.371 e. The van der Waals surface area contributed by atoms with E-state index in [9.17, 15) is 8.42 Å². The number of hydrogen-bond acceptors (Lipinski definition) is 5. The highest BCUT2D eigenvalue weighted by Gasteiger charge is 2.46. The van der Waals surface area contributed by atoms with Crippen LogP contribution in [0.4, 0.5) is 0 Å².